The van der Waals surface area contributed by atoms with Crippen LogP contribution in [0.4, 0.5) is 5.69 Å². The lowest BCUT2D eigenvalue weighted by molar-refractivity contribution is -0.122. The molecule has 2 aliphatic rings. The van der Waals surface area contributed by atoms with E-state index in [0.717, 1.165) is 15.7 Å². The van der Waals surface area contributed by atoms with E-state index in [4.69, 9.17) is 21.7 Å². The maximum Gasteiger partial charge on any atom is 0.266 e. The molecule has 2 aromatic rings. The number of anilines is 1. The number of benzene rings is 2. The van der Waals surface area contributed by atoms with Gasteiger partial charge in [0.25, 0.3) is 5.91 Å². The first-order valence-electron chi connectivity index (χ1n) is 9.20. The van der Waals surface area contributed by atoms with Crippen LogP contribution in [0.2, 0.25) is 0 Å². The van der Waals surface area contributed by atoms with Crippen LogP contribution in [0.5, 0.6) is 11.5 Å². The van der Waals surface area contributed by atoms with Crippen molar-refractivity contribution in [1.82, 2.24) is 4.90 Å². The molecule has 6 nitrogen and oxygen atoms in total. The number of fused-ring (bicyclic) bond motifs is 1. The fraction of sp³-hybridized carbons (Fsp3) is 0.190. The number of halogens is 1. The number of nitrogens with zero attached hydrogens (tertiary/aromatic N) is 1. The van der Waals surface area contributed by atoms with Crippen molar-refractivity contribution in [3.05, 3.63) is 57.4 Å². The average molecular weight is 505 g/mol. The van der Waals surface area contributed by atoms with E-state index in [1.54, 1.807) is 11.0 Å². The highest BCUT2D eigenvalue weighted by molar-refractivity contribution is 9.10. The summed E-state index contributed by atoms with van der Waals surface area (Å²) >= 11 is 10.0. The average Bonchev–Trinajstić information content (AvgIpc) is 3.27. The number of ether oxygens (including phenoxy) is 2. The van der Waals surface area contributed by atoms with E-state index in [9.17, 15) is 9.59 Å². The third-order valence-corrected chi connectivity index (χ3v) is 6.33. The minimum Gasteiger partial charge on any atom is -0.454 e. The summed E-state index contributed by atoms with van der Waals surface area (Å²) < 4.78 is 12.1. The lowest BCUT2D eigenvalue weighted by Crippen LogP contribution is -2.29. The van der Waals surface area contributed by atoms with Crippen LogP contribution in [0.15, 0.2) is 51.8 Å². The fourth-order valence-electron chi connectivity index (χ4n) is 3.03. The minimum absolute atomic E-state index is 0.102. The predicted octanol–water partition coefficient (Wildman–Crippen LogP) is 4.80. The Labute approximate surface area is 191 Å². The number of nitrogens with one attached hydrogen (secondary N) is 1. The van der Waals surface area contributed by atoms with E-state index in [0.29, 0.717) is 40.1 Å². The van der Waals surface area contributed by atoms with Crippen LogP contribution >= 0.6 is 39.9 Å². The molecule has 2 amide bonds. The van der Waals surface area contributed by atoms with Gasteiger partial charge < -0.3 is 14.8 Å². The Bertz CT molecular complexity index is 1060. The van der Waals surface area contributed by atoms with Crippen LogP contribution in [0.1, 0.15) is 18.4 Å². The summed E-state index contributed by atoms with van der Waals surface area (Å²) in [6.45, 7) is 0.602. The second-order valence-electron chi connectivity index (χ2n) is 6.61. The van der Waals surface area contributed by atoms with Crippen LogP contribution in [0.3, 0.4) is 0 Å². The zero-order valence-electron chi connectivity index (χ0n) is 15.7. The summed E-state index contributed by atoms with van der Waals surface area (Å²) in [5, 5.41) is 2.85. The molecule has 2 heterocycles. The number of thiocarbonyl (C=S) groups is 1. The van der Waals surface area contributed by atoms with E-state index in [1.165, 1.54) is 11.8 Å². The van der Waals surface area contributed by atoms with Crippen molar-refractivity contribution in [2.24, 2.45) is 0 Å². The summed E-state index contributed by atoms with van der Waals surface area (Å²) in [7, 11) is 0. The Morgan fingerprint density at radius 3 is 2.90 bits per heavy atom. The number of hydrogen-bond donors (Lipinski definition) is 1. The standard InChI is InChI=1S/C21H17BrN2O4S2/c22-14-3-1-4-15(11-14)23-19(25)5-2-8-24-20(26)18(30-21(24)29)10-13-6-7-16-17(9-13)28-12-27-16/h1,3-4,6-7,9-11H,2,5,8,12H2,(H,23,25)/b18-10-. The van der Waals surface area contributed by atoms with Gasteiger partial charge in [0, 0.05) is 23.1 Å². The van der Waals surface area contributed by atoms with Crippen LogP contribution in [-0.4, -0.2) is 34.4 Å². The monoisotopic (exact) mass is 504 g/mol. The molecule has 0 aliphatic carbocycles. The Morgan fingerprint density at radius 1 is 1.23 bits per heavy atom. The van der Waals surface area contributed by atoms with Gasteiger partial charge in [-0.15, -0.1) is 0 Å². The summed E-state index contributed by atoms with van der Waals surface area (Å²) in [6.07, 6.45) is 2.61. The van der Waals surface area contributed by atoms with E-state index in [1.807, 2.05) is 42.5 Å². The van der Waals surface area contributed by atoms with Crippen LogP contribution < -0.4 is 14.8 Å². The van der Waals surface area contributed by atoms with Crippen molar-refractivity contribution in [1.29, 1.82) is 0 Å². The highest BCUT2D eigenvalue weighted by Crippen LogP contribution is 2.36. The van der Waals surface area contributed by atoms with Crippen LogP contribution in [-0.2, 0) is 9.59 Å². The molecule has 4 rings (SSSR count). The quantitative estimate of drug-likeness (QED) is 0.450. The Morgan fingerprint density at radius 2 is 2.07 bits per heavy atom. The minimum atomic E-state index is -0.143. The predicted molar refractivity (Wildman–Crippen MR) is 124 cm³/mol. The molecule has 2 aliphatic heterocycles. The Hall–Kier alpha value is -2.36. The van der Waals surface area contributed by atoms with Gasteiger partial charge in [0.05, 0.1) is 4.91 Å². The van der Waals surface area contributed by atoms with Gasteiger partial charge in [0.15, 0.2) is 11.5 Å². The smallest absolute Gasteiger partial charge is 0.266 e. The first-order valence-corrected chi connectivity index (χ1v) is 11.2. The lowest BCUT2D eigenvalue weighted by atomic mass is 10.2. The Kier molecular flexibility index (Phi) is 6.40. The highest BCUT2D eigenvalue weighted by Gasteiger charge is 2.31. The van der Waals surface area contributed by atoms with Crippen molar-refractivity contribution in [3.63, 3.8) is 0 Å². The SMILES string of the molecule is O=C(CCCN1C(=O)/C(=C/c2ccc3c(c2)OCO3)SC1=S)Nc1cccc(Br)c1. The summed E-state index contributed by atoms with van der Waals surface area (Å²) in [6, 6.07) is 12.9. The number of carbonyl (C=O) groups excluding carboxylic acids is 2. The molecule has 0 bridgehead atoms. The van der Waals surface area contributed by atoms with Crippen LogP contribution in [0, 0.1) is 0 Å². The zero-order valence-corrected chi connectivity index (χ0v) is 18.9. The summed E-state index contributed by atoms with van der Waals surface area (Å²) in [5.41, 5.74) is 1.57. The molecule has 0 saturated carbocycles. The molecular weight excluding hydrogens is 488 g/mol. The van der Waals surface area contributed by atoms with Crippen molar-refractivity contribution in [3.8, 4) is 11.5 Å². The van der Waals surface area contributed by atoms with Gasteiger partial charge in [-0.2, -0.15) is 0 Å². The van der Waals surface area contributed by atoms with Crippen LogP contribution in [0.25, 0.3) is 6.08 Å². The fourth-order valence-corrected chi connectivity index (χ4v) is 4.74. The molecule has 1 N–H and O–H groups in total. The summed E-state index contributed by atoms with van der Waals surface area (Å²) in [5.74, 6) is 1.11. The molecule has 1 saturated heterocycles. The van der Waals surface area contributed by atoms with Crippen molar-refractivity contribution >= 4 is 67.8 Å². The van der Waals surface area contributed by atoms with Gasteiger partial charge in [0.1, 0.15) is 4.32 Å². The maximum absolute atomic E-state index is 12.7. The molecule has 0 unspecified atom stereocenters. The maximum atomic E-state index is 12.7. The summed E-state index contributed by atoms with van der Waals surface area (Å²) in [4.78, 5) is 27.0. The number of carbonyl (C=O) groups is 2. The third kappa shape index (κ3) is 4.85. The Balaban J connectivity index is 1.32. The van der Waals surface area contributed by atoms with Crippen molar-refractivity contribution < 1.29 is 19.1 Å². The normalized spacial score (nSPS) is 16.4. The highest BCUT2D eigenvalue weighted by atomic mass is 79.9. The number of amides is 2. The third-order valence-electron chi connectivity index (χ3n) is 4.46. The van der Waals surface area contributed by atoms with Gasteiger partial charge in [-0.3, -0.25) is 14.5 Å². The first-order chi connectivity index (χ1) is 14.5. The number of hydrogen-bond acceptors (Lipinski definition) is 6. The molecule has 0 aromatic heterocycles. The van der Waals surface area contributed by atoms with Gasteiger partial charge in [0.2, 0.25) is 12.7 Å². The second kappa shape index (κ2) is 9.20. The topological polar surface area (TPSA) is 67.9 Å². The lowest BCUT2D eigenvalue weighted by Gasteiger charge is -2.14. The molecule has 9 heteroatoms. The molecule has 30 heavy (non-hydrogen) atoms. The number of rotatable bonds is 6. The van der Waals surface area contributed by atoms with Gasteiger partial charge in [-0.1, -0.05) is 52.0 Å². The number of thioether (sulfide) groups is 1. The van der Waals surface area contributed by atoms with Gasteiger partial charge in [-0.05, 0) is 48.4 Å². The molecule has 0 radical (unpaired) electrons. The molecule has 2 aromatic carbocycles. The van der Waals surface area contributed by atoms with Crippen molar-refractivity contribution in [2.75, 3.05) is 18.7 Å². The molecule has 0 atom stereocenters. The molecule has 0 spiro atoms. The molecule has 1 fully saturated rings. The largest absolute Gasteiger partial charge is 0.454 e. The van der Waals surface area contributed by atoms with Gasteiger partial charge >= 0.3 is 0 Å². The van der Waals surface area contributed by atoms with E-state index < -0.39 is 0 Å². The van der Waals surface area contributed by atoms with Gasteiger partial charge in [-0.25, -0.2) is 0 Å². The second-order valence-corrected chi connectivity index (χ2v) is 9.20. The first kappa shape index (κ1) is 20.9. The van der Waals surface area contributed by atoms with Crippen molar-refractivity contribution in [2.45, 2.75) is 12.8 Å². The van der Waals surface area contributed by atoms with E-state index >= 15 is 0 Å². The van der Waals surface area contributed by atoms with E-state index in [-0.39, 0.29) is 18.6 Å². The van der Waals surface area contributed by atoms with E-state index in [2.05, 4.69) is 21.2 Å². The molecular formula is C21H17BrN2O4S2. The zero-order chi connectivity index (χ0) is 21.1. The molecule has 154 valence electrons.